The third kappa shape index (κ3) is 7.31. The second kappa shape index (κ2) is 12.7. The SMILES string of the molecule is CC(CNC(=O)C1CCC(N)C1)N1CCN(c2ccccc2)CC1.Cl.Cl.Cl. The molecule has 1 aliphatic heterocycles. The molecule has 1 aromatic rings. The predicted octanol–water partition coefficient (Wildman–Crippen LogP) is 2.71. The fourth-order valence-corrected chi connectivity index (χ4v) is 3.84. The molecule has 1 heterocycles. The van der Waals surface area contributed by atoms with Gasteiger partial charge in [0, 0.05) is 56.4 Å². The van der Waals surface area contributed by atoms with Crippen molar-refractivity contribution in [2.45, 2.75) is 38.3 Å². The molecule has 1 aliphatic carbocycles. The Kier molecular flexibility index (Phi) is 12.3. The lowest BCUT2D eigenvalue weighted by Gasteiger charge is -2.39. The van der Waals surface area contributed by atoms with Gasteiger partial charge in [0.25, 0.3) is 0 Å². The zero-order valence-corrected chi connectivity index (χ0v) is 18.3. The lowest BCUT2D eigenvalue weighted by atomic mass is 10.1. The Hall–Kier alpha value is -0.720. The molecular formula is C19H33Cl3N4O. The lowest BCUT2D eigenvalue weighted by Crippen LogP contribution is -2.52. The van der Waals surface area contributed by atoms with E-state index in [9.17, 15) is 4.79 Å². The Labute approximate surface area is 181 Å². The molecule has 2 fully saturated rings. The van der Waals surface area contributed by atoms with Crippen LogP contribution in [0.2, 0.25) is 0 Å². The number of amides is 1. The van der Waals surface area contributed by atoms with Crippen molar-refractivity contribution in [2.24, 2.45) is 11.7 Å². The normalized spacial score (nSPS) is 23.4. The summed E-state index contributed by atoms with van der Waals surface area (Å²) in [5.74, 6) is 0.319. The summed E-state index contributed by atoms with van der Waals surface area (Å²) in [6.07, 6.45) is 2.77. The Morgan fingerprint density at radius 3 is 2.30 bits per heavy atom. The Balaban J connectivity index is 0.00000225. The van der Waals surface area contributed by atoms with Crippen molar-refractivity contribution in [2.75, 3.05) is 37.6 Å². The minimum Gasteiger partial charge on any atom is -0.369 e. The summed E-state index contributed by atoms with van der Waals surface area (Å²) in [4.78, 5) is 17.1. The lowest BCUT2D eigenvalue weighted by molar-refractivity contribution is -0.125. The van der Waals surface area contributed by atoms with Crippen molar-refractivity contribution < 1.29 is 4.79 Å². The number of hydrogen-bond donors (Lipinski definition) is 2. The molecule has 8 heteroatoms. The minimum atomic E-state index is 0. The highest BCUT2D eigenvalue weighted by atomic mass is 35.5. The smallest absolute Gasteiger partial charge is 0.223 e. The molecule has 1 aromatic carbocycles. The van der Waals surface area contributed by atoms with E-state index >= 15 is 0 Å². The quantitative estimate of drug-likeness (QED) is 0.740. The highest BCUT2D eigenvalue weighted by Crippen LogP contribution is 2.24. The number of halogens is 3. The first kappa shape index (κ1) is 26.3. The van der Waals surface area contributed by atoms with Crippen molar-refractivity contribution in [3.8, 4) is 0 Å². The van der Waals surface area contributed by atoms with Crippen molar-refractivity contribution in [3.63, 3.8) is 0 Å². The van der Waals surface area contributed by atoms with E-state index < -0.39 is 0 Å². The molecule has 0 aromatic heterocycles. The number of nitrogens with zero attached hydrogens (tertiary/aromatic N) is 2. The molecule has 3 rings (SSSR count). The van der Waals surface area contributed by atoms with Gasteiger partial charge in [-0.15, -0.1) is 37.2 Å². The van der Waals surface area contributed by atoms with Crippen LogP contribution in [-0.2, 0) is 4.79 Å². The molecule has 3 N–H and O–H groups in total. The monoisotopic (exact) mass is 438 g/mol. The van der Waals surface area contributed by atoms with E-state index in [1.165, 1.54) is 5.69 Å². The van der Waals surface area contributed by atoms with Crippen LogP contribution in [0.5, 0.6) is 0 Å². The van der Waals surface area contributed by atoms with Crippen LogP contribution in [0.1, 0.15) is 26.2 Å². The van der Waals surface area contributed by atoms with Crippen LogP contribution in [0.3, 0.4) is 0 Å². The zero-order valence-electron chi connectivity index (χ0n) is 15.9. The van der Waals surface area contributed by atoms with Crippen molar-refractivity contribution in [3.05, 3.63) is 30.3 Å². The van der Waals surface area contributed by atoms with E-state index in [0.29, 0.717) is 6.04 Å². The molecule has 0 bridgehead atoms. The molecule has 2 aliphatic rings. The largest absolute Gasteiger partial charge is 0.369 e. The van der Waals surface area contributed by atoms with Gasteiger partial charge in [-0.3, -0.25) is 9.69 Å². The van der Waals surface area contributed by atoms with Crippen LogP contribution in [-0.4, -0.2) is 55.6 Å². The van der Waals surface area contributed by atoms with E-state index in [4.69, 9.17) is 5.73 Å². The average Bonchev–Trinajstić information content (AvgIpc) is 3.07. The summed E-state index contributed by atoms with van der Waals surface area (Å²) in [6.45, 7) is 7.11. The Bertz CT molecular complexity index is 541. The first-order chi connectivity index (χ1) is 11.6. The molecule has 3 unspecified atom stereocenters. The van der Waals surface area contributed by atoms with Gasteiger partial charge in [-0.2, -0.15) is 0 Å². The van der Waals surface area contributed by atoms with Crippen LogP contribution >= 0.6 is 37.2 Å². The number of anilines is 1. The highest BCUT2D eigenvalue weighted by molar-refractivity contribution is 5.86. The number of carbonyl (C=O) groups excluding carboxylic acids is 1. The van der Waals surface area contributed by atoms with Gasteiger partial charge in [0.1, 0.15) is 0 Å². The van der Waals surface area contributed by atoms with Crippen LogP contribution in [0.15, 0.2) is 30.3 Å². The number of rotatable bonds is 5. The second-order valence-electron chi connectivity index (χ2n) is 7.22. The van der Waals surface area contributed by atoms with Gasteiger partial charge in [-0.25, -0.2) is 0 Å². The summed E-state index contributed by atoms with van der Waals surface area (Å²) < 4.78 is 0. The maximum Gasteiger partial charge on any atom is 0.223 e. The van der Waals surface area contributed by atoms with Crippen LogP contribution in [0, 0.1) is 5.92 Å². The molecule has 1 amide bonds. The van der Waals surface area contributed by atoms with E-state index in [-0.39, 0.29) is 55.1 Å². The molecule has 3 atom stereocenters. The predicted molar refractivity (Wildman–Crippen MR) is 120 cm³/mol. The maximum atomic E-state index is 12.2. The fourth-order valence-electron chi connectivity index (χ4n) is 3.84. The molecule has 5 nitrogen and oxygen atoms in total. The summed E-state index contributed by atoms with van der Waals surface area (Å²) in [5, 5.41) is 3.14. The molecule has 156 valence electrons. The first-order valence-electron chi connectivity index (χ1n) is 9.21. The van der Waals surface area contributed by atoms with Gasteiger partial charge in [0.15, 0.2) is 0 Å². The van der Waals surface area contributed by atoms with E-state index in [2.05, 4.69) is 52.4 Å². The summed E-state index contributed by atoms with van der Waals surface area (Å²) in [7, 11) is 0. The molecule has 0 spiro atoms. The molecule has 27 heavy (non-hydrogen) atoms. The average molecular weight is 440 g/mol. The van der Waals surface area contributed by atoms with E-state index in [1.807, 2.05) is 0 Å². The standard InChI is InChI=1S/C19H30N4O.3ClH/c1-15(14-21-19(24)16-7-8-17(20)13-16)22-9-11-23(12-10-22)18-5-3-2-4-6-18;;;/h2-6,15-17H,7-14,20H2,1H3,(H,21,24);3*1H. The van der Waals surface area contributed by atoms with E-state index in [0.717, 1.165) is 52.0 Å². The Morgan fingerprint density at radius 2 is 1.74 bits per heavy atom. The molecule has 0 radical (unpaired) electrons. The first-order valence-corrected chi connectivity index (χ1v) is 9.21. The third-order valence-electron chi connectivity index (χ3n) is 5.47. The van der Waals surface area contributed by atoms with Crippen molar-refractivity contribution >= 4 is 48.8 Å². The van der Waals surface area contributed by atoms with Gasteiger partial charge in [0.05, 0.1) is 0 Å². The van der Waals surface area contributed by atoms with Crippen LogP contribution < -0.4 is 16.0 Å². The van der Waals surface area contributed by atoms with Gasteiger partial charge in [-0.05, 0) is 38.3 Å². The summed E-state index contributed by atoms with van der Waals surface area (Å²) in [5.41, 5.74) is 7.21. The topological polar surface area (TPSA) is 61.6 Å². The number of nitrogens with one attached hydrogen (secondary N) is 1. The maximum absolute atomic E-state index is 12.2. The van der Waals surface area contributed by atoms with E-state index in [1.54, 1.807) is 0 Å². The number of nitrogens with two attached hydrogens (primary N) is 1. The van der Waals surface area contributed by atoms with Gasteiger partial charge >= 0.3 is 0 Å². The molecule has 1 saturated heterocycles. The highest BCUT2D eigenvalue weighted by Gasteiger charge is 2.28. The van der Waals surface area contributed by atoms with Crippen LogP contribution in [0.4, 0.5) is 5.69 Å². The van der Waals surface area contributed by atoms with Gasteiger partial charge in [-0.1, -0.05) is 18.2 Å². The second-order valence-corrected chi connectivity index (χ2v) is 7.22. The van der Waals surface area contributed by atoms with Gasteiger partial charge < -0.3 is 16.0 Å². The zero-order chi connectivity index (χ0) is 16.9. The summed E-state index contributed by atoms with van der Waals surface area (Å²) >= 11 is 0. The van der Waals surface area contributed by atoms with Gasteiger partial charge in [0.2, 0.25) is 5.91 Å². The summed E-state index contributed by atoms with van der Waals surface area (Å²) in [6, 6.07) is 11.2. The molecular weight excluding hydrogens is 407 g/mol. The number of hydrogen-bond acceptors (Lipinski definition) is 4. The number of carbonyl (C=O) groups is 1. The van der Waals surface area contributed by atoms with Crippen molar-refractivity contribution in [1.82, 2.24) is 10.2 Å². The Morgan fingerprint density at radius 1 is 1.11 bits per heavy atom. The number of benzene rings is 1. The van der Waals surface area contributed by atoms with Crippen LogP contribution in [0.25, 0.3) is 0 Å². The number of para-hydroxylation sites is 1. The molecule has 1 saturated carbocycles. The third-order valence-corrected chi connectivity index (χ3v) is 5.47. The van der Waals surface area contributed by atoms with Crippen molar-refractivity contribution in [1.29, 1.82) is 0 Å². The fraction of sp³-hybridized carbons (Fsp3) is 0.632. The number of piperazine rings is 1. The minimum absolute atomic E-state index is 0.